The topological polar surface area (TPSA) is 40.5 Å². The number of phenolic OH excluding ortho intramolecular Hbond substituents is 1. The maximum atomic E-state index is 12.1. The smallest absolute Gasteiger partial charge is 0.418 e. The van der Waals surface area contributed by atoms with E-state index in [0.717, 1.165) is 6.07 Å². The molecular formula is C8H6BrF3O2. The van der Waals surface area contributed by atoms with Gasteiger partial charge in [0.1, 0.15) is 5.75 Å². The number of aliphatic hydroxyl groups excluding tert-OH is 1. The Labute approximate surface area is 86.1 Å². The first-order valence-corrected chi connectivity index (χ1v) is 4.35. The summed E-state index contributed by atoms with van der Waals surface area (Å²) in [4.78, 5) is 0. The van der Waals surface area contributed by atoms with Gasteiger partial charge in [-0.15, -0.1) is 0 Å². The van der Waals surface area contributed by atoms with Crippen LogP contribution in [-0.4, -0.2) is 16.4 Å². The lowest BCUT2D eigenvalue weighted by atomic mass is 10.1. The van der Waals surface area contributed by atoms with E-state index in [-0.39, 0.29) is 4.47 Å². The van der Waals surface area contributed by atoms with E-state index in [1.165, 1.54) is 12.1 Å². The van der Waals surface area contributed by atoms with Crippen LogP contribution in [0.5, 0.6) is 5.75 Å². The second-order valence-corrected chi connectivity index (χ2v) is 3.47. The molecule has 0 bridgehead atoms. The normalized spacial score (nSPS) is 14.1. The largest absolute Gasteiger partial charge is 0.508 e. The molecule has 14 heavy (non-hydrogen) atoms. The molecule has 1 aromatic rings. The van der Waals surface area contributed by atoms with Gasteiger partial charge < -0.3 is 10.2 Å². The Bertz CT molecular complexity index is 318. The minimum atomic E-state index is -4.79. The van der Waals surface area contributed by atoms with Crippen LogP contribution in [0.4, 0.5) is 13.2 Å². The van der Waals surface area contributed by atoms with Crippen LogP contribution in [0, 0.1) is 0 Å². The Morgan fingerprint density at radius 1 is 1.29 bits per heavy atom. The fraction of sp³-hybridized carbons (Fsp3) is 0.250. The Kier molecular flexibility index (Phi) is 3.06. The molecule has 0 aliphatic rings. The second-order valence-electron chi connectivity index (χ2n) is 2.62. The molecule has 0 spiro atoms. The molecule has 6 heteroatoms. The van der Waals surface area contributed by atoms with E-state index in [0.29, 0.717) is 0 Å². The van der Waals surface area contributed by atoms with Gasteiger partial charge in [0.25, 0.3) is 0 Å². The summed E-state index contributed by atoms with van der Waals surface area (Å²) in [6.07, 6.45) is -7.47. The number of benzene rings is 1. The first kappa shape index (κ1) is 11.3. The molecule has 1 atom stereocenters. The van der Waals surface area contributed by atoms with Crippen molar-refractivity contribution in [3.05, 3.63) is 28.2 Å². The highest BCUT2D eigenvalue weighted by Crippen LogP contribution is 2.40. The Hall–Kier alpha value is -0.750. The molecule has 0 amide bonds. The van der Waals surface area contributed by atoms with Crippen molar-refractivity contribution in [2.75, 3.05) is 0 Å². The van der Waals surface area contributed by atoms with Gasteiger partial charge in [0.05, 0.1) is 0 Å². The number of alkyl halides is 3. The van der Waals surface area contributed by atoms with Gasteiger partial charge in [0.2, 0.25) is 0 Å². The molecule has 2 N–H and O–H groups in total. The predicted molar refractivity (Wildman–Crippen MR) is 46.8 cm³/mol. The quantitative estimate of drug-likeness (QED) is 0.824. The first-order valence-electron chi connectivity index (χ1n) is 3.56. The maximum Gasteiger partial charge on any atom is 0.418 e. The standard InChI is InChI=1S/C8H6BrF3O2/c9-4-2-1-3-5(13)6(4)7(14)8(10,11)12/h1-3,7,13-14H/t7-/m1/s1. The van der Waals surface area contributed by atoms with E-state index in [1.807, 2.05) is 0 Å². The van der Waals surface area contributed by atoms with Crippen LogP contribution in [0.3, 0.4) is 0 Å². The monoisotopic (exact) mass is 270 g/mol. The van der Waals surface area contributed by atoms with Crippen LogP contribution in [0.15, 0.2) is 22.7 Å². The third kappa shape index (κ3) is 2.19. The fourth-order valence-electron chi connectivity index (χ4n) is 0.960. The number of hydrogen-bond acceptors (Lipinski definition) is 2. The van der Waals surface area contributed by atoms with Crippen molar-refractivity contribution in [1.29, 1.82) is 0 Å². The fourth-order valence-corrected chi connectivity index (χ4v) is 1.53. The molecule has 0 aromatic heterocycles. The van der Waals surface area contributed by atoms with Crippen molar-refractivity contribution < 1.29 is 23.4 Å². The lowest BCUT2D eigenvalue weighted by Gasteiger charge is -2.17. The number of hydrogen-bond donors (Lipinski definition) is 2. The Balaban J connectivity index is 3.19. The Morgan fingerprint density at radius 2 is 1.86 bits per heavy atom. The Morgan fingerprint density at radius 3 is 2.29 bits per heavy atom. The summed E-state index contributed by atoms with van der Waals surface area (Å²) in [6, 6.07) is 3.76. The molecule has 1 rings (SSSR count). The van der Waals surface area contributed by atoms with Gasteiger partial charge in [-0.2, -0.15) is 13.2 Å². The SMILES string of the molecule is Oc1cccc(Br)c1[C@@H](O)C(F)(F)F. The molecule has 78 valence electrons. The molecule has 1 aromatic carbocycles. The van der Waals surface area contributed by atoms with Gasteiger partial charge in [-0.1, -0.05) is 22.0 Å². The molecule has 0 radical (unpaired) electrons. The number of aromatic hydroxyl groups is 1. The van der Waals surface area contributed by atoms with E-state index >= 15 is 0 Å². The van der Waals surface area contributed by atoms with E-state index < -0.39 is 23.6 Å². The molecule has 0 fully saturated rings. The highest BCUT2D eigenvalue weighted by Gasteiger charge is 2.41. The van der Waals surface area contributed by atoms with E-state index in [2.05, 4.69) is 15.9 Å². The van der Waals surface area contributed by atoms with Gasteiger partial charge in [-0.05, 0) is 12.1 Å². The first-order chi connectivity index (χ1) is 6.34. The van der Waals surface area contributed by atoms with Crippen molar-refractivity contribution in [3.63, 3.8) is 0 Å². The summed E-state index contributed by atoms with van der Waals surface area (Å²) in [5, 5.41) is 18.0. The summed E-state index contributed by atoms with van der Waals surface area (Å²) in [7, 11) is 0. The van der Waals surface area contributed by atoms with Crippen LogP contribution < -0.4 is 0 Å². The molecule has 0 heterocycles. The van der Waals surface area contributed by atoms with E-state index in [1.54, 1.807) is 0 Å². The van der Waals surface area contributed by atoms with Crippen LogP contribution in [0.2, 0.25) is 0 Å². The van der Waals surface area contributed by atoms with Gasteiger partial charge >= 0.3 is 6.18 Å². The van der Waals surface area contributed by atoms with Crippen molar-refractivity contribution >= 4 is 15.9 Å². The van der Waals surface area contributed by atoms with Crippen molar-refractivity contribution in [2.24, 2.45) is 0 Å². The molecular weight excluding hydrogens is 265 g/mol. The van der Waals surface area contributed by atoms with Gasteiger partial charge in [-0.25, -0.2) is 0 Å². The van der Waals surface area contributed by atoms with Crippen LogP contribution in [0.1, 0.15) is 11.7 Å². The van der Waals surface area contributed by atoms with Gasteiger partial charge in [-0.3, -0.25) is 0 Å². The molecule has 2 nitrogen and oxygen atoms in total. The summed E-state index contributed by atoms with van der Waals surface area (Å²) in [6.45, 7) is 0. The van der Waals surface area contributed by atoms with Gasteiger partial charge in [0.15, 0.2) is 6.10 Å². The number of aliphatic hydroxyl groups is 1. The lowest BCUT2D eigenvalue weighted by Crippen LogP contribution is -2.20. The average Bonchev–Trinajstić information content (AvgIpc) is 2.01. The lowest BCUT2D eigenvalue weighted by molar-refractivity contribution is -0.207. The molecule has 0 aliphatic heterocycles. The third-order valence-electron chi connectivity index (χ3n) is 1.61. The zero-order valence-corrected chi connectivity index (χ0v) is 8.30. The average molecular weight is 271 g/mol. The highest BCUT2D eigenvalue weighted by atomic mass is 79.9. The minimum absolute atomic E-state index is 0.0160. The van der Waals surface area contributed by atoms with Gasteiger partial charge in [0, 0.05) is 10.0 Å². The van der Waals surface area contributed by atoms with Crippen LogP contribution in [-0.2, 0) is 0 Å². The van der Waals surface area contributed by atoms with Crippen molar-refractivity contribution in [1.82, 2.24) is 0 Å². The zero-order chi connectivity index (χ0) is 10.9. The van der Waals surface area contributed by atoms with Crippen LogP contribution >= 0.6 is 15.9 Å². The summed E-state index contributed by atoms with van der Waals surface area (Å²) >= 11 is 2.82. The number of halogens is 4. The molecule has 0 unspecified atom stereocenters. The van der Waals surface area contributed by atoms with E-state index in [9.17, 15) is 13.2 Å². The second kappa shape index (κ2) is 3.78. The third-order valence-corrected chi connectivity index (χ3v) is 2.30. The summed E-state index contributed by atoms with van der Waals surface area (Å²) in [5.41, 5.74) is -0.569. The summed E-state index contributed by atoms with van der Waals surface area (Å²) in [5.74, 6) is -0.593. The molecule has 0 saturated carbocycles. The highest BCUT2D eigenvalue weighted by molar-refractivity contribution is 9.10. The zero-order valence-electron chi connectivity index (χ0n) is 6.72. The predicted octanol–water partition coefficient (Wildman–Crippen LogP) is 2.75. The van der Waals surface area contributed by atoms with Crippen LogP contribution in [0.25, 0.3) is 0 Å². The minimum Gasteiger partial charge on any atom is -0.508 e. The number of phenols is 1. The molecule has 0 saturated heterocycles. The van der Waals surface area contributed by atoms with Crippen molar-refractivity contribution in [2.45, 2.75) is 12.3 Å². The summed E-state index contributed by atoms with van der Waals surface area (Å²) < 4.78 is 36.4. The maximum absolute atomic E-state index is 12.1. The molecule has 0 aliphatic carbocycles. The van der Waals surface area contributed by atoms with E-state index in [4.69, 9.17) is 10.2 Å². The number of rotatable bonds is 1. The van der Waals surface area contributed by atoms with Crippen molar-refractivity contribution in [3.8, 4) is 5.75 Å².